The average Bonchev–Trinajstić information content (AvgIpc) is 2.88. The molecule has 1 saturated heterocycles. The van der Waals surface area contributed by atoms with E-state index in [0.29, 0.717) is 16.5 Å². The molecule has 2 heterocycles. The molecule has 1 aliphatic heterocycles. The molecule has 9 heteroatoms. The number of aliphatic hydroxyl groups excluding tert-OH is 2. The molecule has 2 aliphatic rings. The number of aliphatic hydroxyl groups is 3. The largest absolute Gasteiger partial charge is 0.385 e. The predicted molar refractivity (Wildman–Crippen MR) is 84.7 cm³/mol. The molecule has 1 aromatic heterocycles. The Balaban J connectivity index is 1.68. The zero-order chi connectivity index (χ0) is 18.9. The van der Waals surface area contributed by atoms with Gasteiger partial charge in [0.2, 0.25) is 0 Å². The highest BCUT2D eigenvalue weighted by Gasteiger charge is 2.70. The van der Waals surface area contributed by atoms with Crippen LogP contribution in [0, 0.1) is 11.7 Å². The number of halogens is 3. The summed E-state index contributed by atoms with van der Waals surface area (Å²) in [5, 5.41) is 30.3. The lowest BCUT2D eigenvalue weighted by molar-refractivity contribution is -0.165. The van der Waals surface area contributed by atoms with Crippen molar-refractivity contribution >= 4 is 16.7 Å². The van der Waals surface area contributed by atoms with Crippen LogP contribution in [0.15, 0.2) is 24.3 Å². The number of fused-ring (bicyclic) bond motifs is 2. The number of nitrogens with two attached hydrogens (primary N) is 1. The maximum absolute atomic E-state index is 14.5. The van der Waals surface area contributed by atoms with Gasteiger partial charge in [0.05, 0.1) is 11.4 Å². The van der Waals surface area contributed by atoms with Crippen molar-refractivity contribution in [1.82, 2.24) is 4.98 Å². The van der Waals surface area contributed by atoms with Gasteiger partial charge in [0, 0.05) is 11.8 Å². The van der Waals surface area contributed by atoms with Gasteiger partial charge in [0.15, 0.2) is 17.9 Å². The number of aromatic nitrogens is 1. The summed E-state index contributed by atoms with van der Waals surface area (Å²) in [6.07, 6.45) is -6.12. The van der Waals surface area contributed by atoms with Crippen LogP contribution in [0.1, 0.15) is 12.0 Å². The van der Waals surface area contributed by atoms with Crippen molar-refractivity contribution in [3.63, 3.8) is 0 Å². The number of nitrogen functional groups attached to an aromatic ring is 1. The summed E-state index contributed by atoms with van der Waals surface area (Å²) in [5.74, 6) is -5.71. The Morgan fingerprint density at radius 1 is 1.27 bits per heavy atom. The summed E-state index contributed by atoms with van der Waals surface area (Å²) in [5.41, 5.74) is 4.05. The maximum Gasteiger partial charge on any atom is 0.256 e. The Morgan fingerprint density at radius 3 is 2.73 bits per heavy atom. The molecule has 5 N–H and O–H groups in total. The molecule has 0 radical (unpaired) electrons. The van der Waals surface area contributed by atoms with E-state index < -0.39 is 48.2 Å². The zero-order valence-corrected chi connectivity index (χ0v) is 13.4. The fourth-order valence-electron chi connectivity index (χ4n) is 3.98. The molecule has 0 amide bonds. The number of rotatable bonds is 2. The van der Waals surface area contributed by atoms with Gasteiger partial charge in [-0.15, -0.1) is 0 Å². The second-order valence-corrected chi connectivity index (χ2v) is 7.01. The molecule has 2 aromatic rings. The third-order valence-electron chi connectivity index (χ3n) is 5.31. The van der Waals surface area contributed by atoms with Crippen molar-refractivity contribution in [1.29, 1.82) is 0 Å². The second-order valence-electron chi connectivity index (χ2n) is 7.01. The first kappa shape index (κ1) is 17.5. The smallest absolute Gasteiger partial charge is 0.256 e. The summed E-state index contributed by atoms with van der Waals surface area (Å²) in [7, 11) is 0. The SMILES string of the molecule is Nc1nc2cc(C[C@H]3[C@H]4OC(O)C(O)[C@@]4(O)CC3(F)F)ccc2cc1F. The lowest BCUT2D eigenvalue weighted by Crippen LogP contribution is -2.46. The first-order valence-electron chi connectivity index (χ1n) is 8.08. The molecule has 2 fully saturated rings. The first-order chi connectivity index (χ1) is 12.1. The summed E-state index contributed by atoms with van der Waals surface area (Å²) < 4.78 is 47.4. The van der Waals surface area contributed by atoms with Crippen molar-refractivity contribution < 1.29 is 33.2 Å². The van der Waals surface area contributed by atoms with E-state index in [9.17, 15) is 28.5 Å². The summed E-state index contributed by atoms with van der Waals surface area (Å²) in [6, 6.07) is 5.81. The van der Waals surface area contributed by atoms with E-state index in [0.717, 1.165) is 0 Å². The summed E-state index contributed by atoms with van der Waals surface area (Å²) in [6.45, 7) is 0. The fraction of sp³-hybridized carbons (Fsp3) is 0.471. The molecule has 0 spiro atoms. The number of nitrogens with zero attached hydrogens (tertiary/aromatic N) is 1. The zero-order valence-electron chi connectivity index (χ0n) is 13.4. The van der Waals surface area contributed by atoms with Crippen molar-refractivity contribution in [2.24, 2.45) is 5.92 Å². The van der Waals surface area contributed by atoms with Gasteiger partial charge in [-0.1, -0.05) is 12.1 Å². The Labute approximate surface area is 146 Å². The Bertz CT molecular complexity index is 880. The van der Waals surface area contributed by atoms with E-state index in [1.807, 2.05) is 0 Å². The average molecular weight is 370 g/mol. The van der Waals surface area contributed by atoms with Crippen LogP contribution in [0.4, 0.5) is 19.0 Å². The Hall–Kier alpha value is -1.94. The van der Waals surface area contributed by atoms with Gasteiger partial charge in [0.25, 0.3) is 5.92 Å². The molecule has 1 saturated carbocycles. The number of pyridine rings is 1. The lowest BCUT2D eigenvalue weighted by atomic mass is 9.89. The van der Waals surface area contributed by atoms with Gasteiger partial charge in [-0.25, -0.2) is 18.2 Å². The van der Waals surface area contributed by atoms with Crippen molar-refractivity contribution in [3.8, 4) is 0 Å². The number of anilines is 1. The van der Waals surface area contributed by atoms with Crippen LogP contribution < -0.4 is 5.73 Å². The molecular weight excluding hydrogens is 353 g/mol. The molecule has 4 rings (SSSR count). The van der Waals surface area contributed by atoms with Crippen LogP contribution in [0.5, 0.6) is 0 Å². The van der Waals surface area contributed by atoms with Gasteiger partial charge in [-0.05, 0) is 24.1 Å². The first-order valence-corrected chi connectivity index (χ1v) is 8.08. The molecule has 5 atom stereocenters. The summed E-state index contributed by atoms with van der Waals surface area (Å²) >= 11 is 0. The highest BCUT2D eigenvalue weighted by atomic mass is 19.3. The Kier molecular flexibility index (Phi) is 3.71. The minimum absolute atomic E-state index is 0.186. The third-order valence-corrected chi connectivity index (χ3v) is 5.31. The van der Waals surface area contributed by atoms with Gasteiger partial charge >= 0.3 is 0 Å². The molecule has 1 aromatic carbocycles. The predicted octanol–water partition coefficient (Wildman–Crippen LogP) is 0.963. The molecule has 2 unspecified atom stereocenters. The number of ether oxygens (including phenoxy) is 1. The van der Waals surface area contributed by atoms with Crippen LogP contribution >= 0.6 is 0 Å². The van der Waals surface area contributed by atoms with Crippen LogP contribution in [0.25, 0.3) is 10.9 Å². The van der Waals surface area contributed by atoms with Gasteiger partial charge in [0.1, 0.15) is 17.8 Å². The van der Waals surface area contributed by atoms with Crippen LogP contribution in [-0.4, -0.2) is 50.3 Å². The van der Waals surface area contributed by atoms with Gasteiger partial charge in [-0.2, -0.15) is 0 Å². The van der Waals surface area contributed by atoms with E-state index in [4.69, 9.17) is 10.5 Å². The van der Waals surface area contributed by atoms with Crippen molar-refractivity contribution in [2.45, 2.75) is 42.9 Å². The van der Waals surface area contributed by atoms with Gasteiger partial charge < -0.3 is 25.8 Å². The van der Waals surface area contributed by atoms with Crippen LogP contribution in [-0.2, 0) is 11.2 Å². The van der Waals surface area contributed by atoms with Crippen LogP contribution in [0.2, 0.25) is 0 Å². The normalized spacial score (nSPS) is 35.8. The quantitative estimate of drug-likeness (QED) is 0.627. The second kappa shape index (κ2) is 5.53. The van der Waals surface area contributed by atoms with E-state index in [1.54, 1.807) is 12.1 Å². The Morgan fingerprint density at radius 2 is 2.00 bits per heavy atom. The summed E-state index contributed by atoms with van der Waals surface area (Å²) in [4.78, 5) is 3.91. The van der Waals surface area contributed by atoms with E-state index in [2.05, 4.69) is 4.98 Å². The maximum atomic E-state index is 14.5. The number of benzene rings is 1. The molecule has 26 heavy (non-hydrogen) atoms. The molecule has 6 nitrogen and oxygen atoms in total. The van der Waals surface area contributed by atoms with Crippen molar-refractivity contribution in [3.05, 3.63) is 35.6 Å². The van der Waals surface area contributed by atoms with E-state index in [1.165, 1.54) is 12.1 Å². The van der Waals surface area contributed by atoms with E-state index >= 15 is 0 Å². The monoisotopic (exact) mass is 370 g/mol. The third kappa shape index (κ3) is 2.46. The highest BCUT2D eigenvalue weighted by Crippen LogP contribution is 2.54. The molecule has 0 bridgehead atoms. The highest BCUT2D eigenvalue weighted by molar-refractivity contribution is 5.80. The standard InChI is InChI=1S/C17H17F3N2O4/c18-10-5-8-2-1-7(4-11(8)22-14(10)21)3-9-13-16(25,6-17(9,19)20)12(23)15(24)26-13/h1-2,4-5,9,12-13,15,23-25H,3,6H2,(H2,21,22)/t9-,12?,13+,15?,16-/m0/s1. The van der Waals surface area contributed by atoms with E-state index in [-0.39, 0.29) is 12.2 Å². The molecular formula is C17H17F3N2O4. The number of alkyl halides is 2. The minimum Gasteiger partial charge on any atom is -0.385 e. The number of hydrogen-bond acceptors (Lipinski definition) is 6. The van der Waals surface area contributed by atoms with Crippen LogP contribution in [0.3, 0.4) is 0 Å². The van der Waals surface area contributed by atoms with Gasteiger partial charge in [-0.3, -0.25) is 0 Å². The molecule has 1 aliphatic carbocycles. The lowest BCUT2D eigenvalue weighted by Gasteiger charge is -2.24. The minimum atomic E-state index is -3.30. The number of hydrogen-bond donors (Lipinski definition) is 4. The molecule has 140 valence electrons. The topological polar surface area (TPSA) is 109 Å². The van der Waals surface area contributed by atoms with Crippen molar-refractivity contribution in [2.75, 3.05) is 5.73 Å². The fourth-order valence-corrected chi connectivity index (χ4v) is 3.98.